The summed E-state index contributed by atoms with van der Waals surface area (Å²) in [6, 6.07) is 8.42. The molecule has 1 atom stereocenters. The summed E-state index contributed by atoms with van der Waals surface area (Å²) in [7, 11) is 1.71. The summed E-state index contributed by atoms with van der Waals surface area (Å²) < 4.78 is 5.35. The molecule has 1 aliphatic rings. The van der Waals surface area contributed by atoms with E-state index >= 15 is 0 Å². The van der Waals surface area contributed by atoms with Gasteiger partial charge in [-0.3, -0.25) is 0 Å². The van der Waals surface area contributed by atoms with Crippen LogP contribution in [0.15, 0.2) is 24.3 Å². The minimum Gasteiger partial charge on any atom is -0.495 e. The fourth-order valence-corrected chi connectivity index (χ4v) is 2.12. The summed E-state index contributed by atoms with van der Waals surface area (Å²) in [4.78, 5) is 2.31. The third-order valence-corrected chi connectivity index (χ3v) is 2.88. The van der Waals surface area contributed by atoms with E-state index in [0.29, 0.717) is 6.04 Å². The van der Waals surface area contributed by atoms with E-state index in [0.717, 1.165) is 30.9 Å². The van der Waals surface area contributed by atoms with Crippen molar-refractivity contribution in [2.45, 2.75) is 18.9 Å². The van der Waals surface area contributed by atoms with E-state index in [1.165, 1.54) is 6.42 Å². The van der Waals surface area contributed by atoms with Gasteiger partial charge in [-0.2, -0.15) is 0 Å². The summed E-state index contributed by atoms with van der Waals surface area (Å²) in [5, 5.41) is 0. The molecule has 1 aromatic rings. The summed E-state index contributed by atoms with van der Waals surface area (Å²) >= 11 is 0. The number of hydrogen-bond acceptors (Lipinski definition) is 3. The number of anilines is 1. The lowest BCUT2D eigenvalue weighted by atomic mass is 10.1. The van der Waals surface area contributed by atoms with Crippen LogP contribution in [0.5, 0.6) is 5.75 Å². The van der Waals surface area contributed by atoms with Crippen molar-refractivity contribution in [2.24, 2.45) is 5.73 Å². The van der Waals surface area contributed by atoms with Gasteiger partial charge < -0.3 is 15.4 Å². The number of rotatable bonds is 2. The maximum Gasteiger partial charge on any atom is 0.142 e. The number of para-hydroxylation sites is 2. The van der Waals surface area contributed by atoms with Crippen LogP contribution >= 0.6 is 0 Å². The lowest BCUT2D eigenvalue weighted by Crippen LogP contribution is -2.42. The molecule has 0 amide bonds. The van der Waals surface area contributed by atoms with Crippen LogP contribution in [0.25, 0.3) is 0 Å². The third-order valence-electron chi connectivity index (χ3n) is 2.88. The Hall–Kier alpha value is -1.22. The molecule has 1 fully saturated rings. The van der Waals surface area contributed by atoms with Gasteiger partial charge in [0.25, 0.3) is 0 Å². The molecule has 1 aromatic carbocycles. The second kappa shape index (κ2) is 4.53. The highest BCUT2D eigenvalue weighted by Gasteiger charge is 2.18. The molecule has 0 spiro atoms. The zero-order chi connectivity index (χ0) is 10.7. The summed E-state index contributed by atoms with van der Waals surface area (Å²) in [6.07, 6.45) is 2.30. The number of hydrogen-bond donors (Lipinski definition) is 1. The summed E-state index contributed by atoms with van der Waals surface area (Å²) in [5.41, 5.74) is 7.13. The van der Waals surface area contributed by atoms with Gasteiger partial charge in [-0.1, -0.05) is 12.1 Å². The normalized spacial score (nSPS) is 21.5. The Balaban J connectivity index is 2.20. The maximum atomic E-state index is 5.97. The Morgan fingerprint density at radius 3 is 2.93 bits per heavy atom. The van der Waals surface area contributed by atoms with Crippen molar-refractivity contribution >= 4 is 5.69 Å². The number of ether oxygens (including phenoxy) is 1. The van der Waals surface area contributed by atoms with Crippen molar-refractivity contribution in [1.29, 1.82) is 0 Å². The van der Waals surface area contributed by atoms with Crippen LogP contribution in [-0.2, 0) is 0 Å². The van der Waals surface area contributed by atoms with Gasteiger partial charge in [0.1, 0.15) is 5.75 Å². The molecule has 1 aliphatic heterocycles. The first-order valence-electron chi connectivity index (χ1n) is 5.45. The zero-order valence-electron chi connectivity index (χ0n) is 9.15. The van der Waals surface area contributed by atoms with Crippen molar-refractivity contribution in [3.8, 4) is 5.75 Å². The molecule has 0 aromatic heterocycles. The highest BCUT2D eigenvalue weighted by Crippen LogP contribution is 2.29. The van der Waals surface area contributed by atoms with Gasteiger partial charge in [0, 0.05) is 19.1 Å². The van der Waals surface area contributed by atoms with Crippen LogP contribution in [0.3, 0.4) is 0 Å². The molecular formula is C12H18N2O. The second-order valence-electron chi connectivity index (χ2n) is 4.02. The molecular weight excluding hydrogens is 188 g/mol. The molecule has 3 heteroatoms. The van der Waals surface area contributed by atoms with Crippen molar-refractivity contribution in [1.82, 2.24) is 0 Å². The topological polar surface area (TPSA) is 38.5 Å². The molecule has 0 bridgehead atoms. The Morgan fingerprint density at radius 1 is 1.40 bits per heavy atom. The molecule has 15 heavy (non-hydrogen) atoms. The van der Waals surface area contributed by atoms with E-state index in [1.807, 2.05) is 18.2 Å². The van der Waals surface area contributed by atoms with E-state index in [4.69, 9.17) is 10.5 Å². The SMILES string of the molecule is COc1ccccc1N1CCC[C@H](N)C1. The molecule has 0 unspecified atom stereocenters. The van der Waals surface area contributed by atoms with Gasteiger partial charge in [-0.25, -0.2) is 0 Å². The number of methoxy groups -OCH3 is 1. The van der Waals surface area contributed by atoms with Gasteiger partial charge in [0.05, 0.1) is 12.8 Å². The average molecular weight is 206 g/mol. The minimum atomic E-state index is 0.295. The molecule has 2 rings (SSSR count). The van der Waals surface area contributed by atoms with Crippen molar-refractivity contribution in [2.75, 3.05) is 25.1 Å². The first-order valence-corrected chi connectivity index (χ1v) is 5.45. The summed E-state index contributed by atoms with van der Waals surface area (Å²) in [6.45, 7) is 2.01. The van der Waals surface area contributed by atoms with E-state index < -0.39 is 0 Å². The van der Waals surface area contributed by atoms with Crippen LogP contribution in [0.2, 0.25) is 0 Å². The Bertz CT molecular complexity index is 327. The van der Waals surface area contributed by atoms with Crippen LogP contribution in [0.1, 0.15) is 12.8 Å². The number of piperidine rings is 1. The molecule has 2 N–H and O–H groups in total. The lowest BCUT2D eigenvalue weighted by Gasteiger charge is -2.33. The minimum absolute atomic E-state index is 0.295. The first-order chi connectivity index (χ1) is 7.31. The van der Waals surface area contributed by atoms with E-state index in [-0.39, 0.29) is 0 Å². The van der Waals surface area contributed by atoms with E-state index in [2.05, 4.69) is 11.0 Å². The fraction of sp³-hybridized carbons (Fsp3) is 0.500. The van der Waals surface area contributed by atoms with Crippen molar-refractivity contribution < 1.29 is 4.74 Å². The number of benzene rings is 1. The Morgan fingerprint density at radius 2 is 2.20 bits per heavy atom. The standard InChI is InChI=1S/C12H18N2O/c1-15-12-7-3-2-6-11(12)14-8-4-5-10(13)9-14/h2-3,6-7,10H,4-5,8-9,13H2,1H3/t10-/m0/s1. The zero-order valence-corrected chi connectivity index (χ0v) is 9.15. The van der Waals surface area contributed by atoms with Crippen LogP contribution in [-0.4, -0.2) is 26.2 Å². The first kappa shape index (κ1) is 10.3. The quantitative estimate of drug-likeness (QED) is 0.799. The van der Waals surface area contributed by atoms with Gasteiger partial charge in [0.15, 0.2) is 0 Å². The fourth-order valence-electron chi connectivity index (χ4n) is 2.12. The molecule has 82 valence electrons. The monoisotopic (exact) mass is 206 g/mol. The van der Waals surface area contributed by atoms with E-state index in [1.54, 1.807) is 7.11 Å². The van der Waals surface area contributed by atoms with Gasteiger partial charge >= 0.3 is 0 Å². The van der Waals surface area contributed by atoms with Crippen molar-refractivity contribution in [3.63, 3.8) is 0 Å². The van der Waals surface area contributed by atoms with Crippen LogP contribution in [0.4, 0.5) is 5.69 Å². The number of nitrogens with zero attached hydrogens (tertiary/aromatic N) is 1. The highest BCUT2D eigenvalue weighted by molar-refractivity contribution is 5.58. The predicted octanol–water partition coefficient (Wildman–Crippen LogP) is 1.62. The smallest absolute Gasteiger partial charge is 0.142 e. The van der Waals surface area contributed by atoms with Gasteiger partial charge in [-0.15, -0.1) is 0 Å². The van der Waals surface area contributed by atoms with E-state index in [9.17, 15) is 0 Å². The summed E-state index contributed by atoms with van der Waals surface area (Å²) in [5.74, 6) is 0.937. The van der Waals surface area contributed by atoms with Crippen molar-refractivity contribution in [3.05, 3.63) is 24.3 Å². The third kappa shape index (κ3) is 2.23. The molecule has 1 saturated heterocycles. The second-order valence-corrected chi connectivity index (χ2v) is 4.02. The maximum absolute atomic E-state index is 5.97. The number of nitrogens with two attached hydrogens (primary N) is 1. The molecule has 3 nitrogen and oxygen atoms in total. The predicted molar refractivity (Wildman–Crippen MR) is 62.4 cm³/mol. The highest BCUT2D eigenvalue weighted by atomic mass is 16.5. The average Bonchev–Trinajstić information content (AvgIpc) is 2.29. The Kier molecular flexibility index (Phi) is 3.11. The van der Waals surface area contributed by atoms with Crippen LogP contribution < -0.4 is 15.4 Å². The Labute approximate surface area is 90.8 Å². The largest absolute Gasteiger partial charge is 0.495 e. The van der Waals surface area contributed by atoms with Gasteiger partial charge in [-0.05, 0) is 25.0 Å². The molecule has 0 saturated carbocycles. The van der Waals surface area contributed by atoms with Crippen LogP contribution in [0, 0.1) is 0 Å². The molecule has 0 radical (unpaired) electrons. The molecule has 0 aliphatic carbocycles. The molecule has 1 heterocycles. The lowest BCUT2D eigenvalue weighted by molar-refractivity contribution is 0.411. The van der Waals surface area contributed by atoms with Gasteiger partial charge in [0.2, 0.25) is 0 Å².